The summed E-state index contributed by atoms with van der Waals surface area (Å²) in [6, 6.07) is 16.1. The molecule has 0 radical (unpaired) electrons. The van der Waals surface area contributed by atoms with Gasteiger partial charge in [-0.2, -0.15) is 13.2 Å². The van der Waals surface area contributed by atoms with Crippen molar-refractivity contribution in [1.29, 1.82) is 0 Å². The Kier molecular flexibility index (Phi) is 5.62. The molecule has 3 nitrogen and oxygen atoms in total. The predicted octanol–water partition coefficient (Wildman–Crippen LogP) is 5.46. The quantitative estimate of drug-likeness (QED) is 0.514. The minimum absolute atomic E-state index is 0.0181. The topological polar surface area (TPSA) is 49.3 Å². The van der Waals surface area contributed by atoms with Crippen molar-refractivity contribution < 1.29 is 23.1 Å². The van der Waals surface area contributed by atoms with Gasteiger partial charge in [-0.15, -0.1) is 0 Å². The van der Waals surface area contributed by atoms with Crippen LogP contribution in [0.5, 0.6) is 0 Å². The van der Waals surface area contributed by atoms with Crippen LogP contribution in [0.3, 0.4) is 0 Å². The second-order valence-corrected chi connectivity index (χ2v) is 8.39. The van der Waals surface area contributed by atoms with E-state index in [1.165, 1.54) is 12.1 Å². The number of rotatable bonds is 6. The molecule has 1 fully saturated rings. The number of ketones is 1. The van der Waals surface area contributed by atoms with Gasteiger partial charge in [-0.3, -0.25) is 4.79 Å². The van der Waals surface area contributed by atoms with E-state index in [1.54, 1.807) is 6.07 Å². The van der Waals surface area contributed by atoms with Gasteiger partial charge in [0.25, 0.3) is 0 Å². The van der Waals surface area contributed by atoms with Gasteiger partial charge in [0.05, 0.1) is 11.2 Å². The van der Waals surface area contributed by atoms with E-state index in [0.29, 0.717) is 37.1 Å². The first-order valence-electron chi connectivity index (χ1n) is 10.3. The van der Waals surface area contributed by atoms with Crippen LogP contribution >= 0.6 is 0 Å². The number of halogens is 3. The van der Waals surface area contributed by atoms with E-state index in [4.69, 9.17) is 0 Å². The van der Waals surface area contributed by atoms with Gasteiger partial charge in [0.2, 0.25) is 0 Å². The summed E-state index contributed by atoms with van der Waals surface area (Å²) in [5, 5.41) is 15.2. The van der Waals surface area contributed by atoms with Gasteiger partial charge in [0.1, 0.15) is 0 Å². The van der Waals surface area contributed by atoms with E-state index < -0.39 is 17.3 Å². The van der Waals surface area contributed by atoms with Crippen LogP contribution in [0.1, 0.15) is 35.7 Å². The van der Waals surface area contributed by atoms with E-state index in [2.05, 4.69) is 5.32 Å². The fourth-order valence-electron chi connectivity index (χ4n) is 4.04. The first kappa shape index (κ1) is 21.5. The molecule has 1 saturated heterocycles. The van der Waals surface area contributed by atoms with E-state index in [1.807, 2.05) is 37.3 Å². The lowest BCUT2D eigenvalue weighted by molar-refractivity contribution is -0.137. The van der Waals surface area contributed by atoms with E-state index >= 15 is 0 Å². The third kappa shape index (κ3) is 4.36. The summed E-state index contributed by atoms with van der Waals surface area (Å²) >= 11 is 0. The maximum Gasteiger partial charge on any atom is 0.416 e. The van der Waals surface area contributed by atoms with Gasteiger partial charge in [0.15, 0.2) is 5.78 Å². The Bertz CT molecular complexity index is 1100. The molecule has 0 bridgehead atoms. The standard InChI is InChI=1S/C25H24F3NO2/c1-16(24(31)14-29-15-24)5-12-23(30)19-8-11-22-18(13-19)3-2-4-21(22)17-6-9-20(10-7-17)25(26,27)28/h2-4,6-11,13,16,29,31H,5,12,14-15H2,1H3/t16-/m1/s1. The smallest absolute Gasteiger partial charge is 0.387 e. The van der Waals surface area contributed by atoms with Crippen LogP contribution in [-0.2, 0) is 6.18 Å². The minimum atomic E-state index is -4.37. The average molecular weight is 427 g/mol. The van der Waals surface area contributed by atoms with Crippen molar-refractivity contribution >= 4 is 16.6 Å². The van der Waals surface area contributed by atoms with Crippen LogP contribution in [0.2, 0.25) is 0 Å². The lowest BCUT2D eigenvalue weighted by Gasteiger charge is -2.42. The van der Waals surface area contributed by atoms with E-state index in [-0.39, 0.29) is 11.7 Å². The molecule has 0 unspecified atom stereocenters. The highest BCUT2D eigenvalue weighted by Gasteiger charge is 2.39. The maximum absolute atomic E-state index is 12.8. The van der Waals surface area contributed by atoms with Gasteiger partial charge >= 0.3 is 6.18 Å². The Morgan fingerprint density at radius 1 is 1.10 bits per heavy atom. The summed E-state index contributed by atoms with van der Waals surface area (Å²) in [5.41, 5.74) is 0.705. The zero-order valence-electron chi connectivity index (χ0n) is 17.2. The molecule has 1 atom stereocenters. The van der Waals surface area contributed by atoms with E-state index in [9.17, 15) is 23.1 Å². The predicted molar refractivity (Wildman–Crippen MR) is 115 cm³/mol. The highest BCUT2D eigenvalue weighted by molar-refractivity contribution is 6.03. The number of nitrogens with one attached hydrogen (secondary N) is 1. The normalized spacial score (nSPS) is 16.7. The van der Waals surface area contributed by atoms with E-state index in [0.717, 1.165) is 28.5 Å². The lowest BCUT2D eigenvalue weighted by Crippen LogP contribution is -2.63. The van der Waals surface area contributed by atoms with Gasteiger partial charge in [-0.25, -0.2) is 0 Å². The summed E-state index contributed by atoms with van der Waals surface area (Å²) < 4.78 is 38.5. The van der Waals surface area contributed by atoms with Crippen molar-refractivity contribution in [2.45, 2.75) is 31.5 Å². The van der Waals surface area contributed by atoms with Crippen LogP contribution in [0.15, 0.2) is 60.7 Å². The third-order valence-electron chi connectivity index (χ3n) is 6.31. The number of carbonyl (C=O) groups excluding carboxylic acids is 1. The van der Waals surface area contributed by atoms with Gasteiger partial charge in [-0.05, 0) is 52.4 Å². The van der Waals surface area contributed by atoms with Crippen molar-refractivity contribution in [3.8, 4) is 11.1 Å². The maximum atomic E-state index is 12.8. The number of hydrogen-bond acceptors (Lipinski definition) is 3. The Morgan fingerprint density at radius 3 is 2.42 bits per heavy atom. The van der Waals surface area contributed by atoms with Crippen LogP contribution < -0.4 is 5.32 Å². The van der Waals surface area contributed by atoms with Crippen LogP contribution in [0, 0.1) is 5.92 Å². The number of aliphatic hydroxyl groups is 1. The molecule has 0 saturated carbocycles. The van der Waals surface area contributed by atoms with Crippen molar-refractivity contribution in [2.75, 3.05) is 13.1 Å². The highest BCUT2D eigenvalue weighted by atomic mass is 19.4. The van der Waals surface area contributed by atoms with Crippen molar-refractivity contribution in [1.82, 2.24) is 5.32 Å². The molecule has 162 valence electrons. The first-order valence-corrected chi connectivity index (χ1v) is 10.3. The molecule has 1 aliphatic rings. The molecular weight excluding hydrogens is 403 g/mol. The second-order valence-electron chi connectivity index (χ2n) is 8.39. The Balaban J connectivity index is 1.54. The summed E-state index contributed by atoms with van der Waals surface area (Å²) in [6.45, 7) is 3.08. The van der Waals surface area contributed by atoms with Crippen LogP contribution in [0.25, 0.3) is 21.9 Å². The number of Topliss-reactive ketones (excluding diaryl/α,β-unsaturated/α-hetero) is 1. The molecule has 3 aromatic carbocycles. The number of carbonyl (C=O) groups is 1. The molecule has 0 aromatic heterocycles. The number of hydrogen-bond donors (Lipinski definition) is 2. The molecule has 1 heterocycles. The molecule has 0 amide bonds. The fourth-order valence-corrected chi connectivity index (χ4v) is 4.04. The summed E-state index contributed by atoms with van der Waals surface area (Å²) in [7, 11) is 0. The molecular formula is C25H24F3NO2. The number of fused-ring (bicyclic) bond motifs is 1. The monoisotopic (exact) mass is 427 g/mol. The number of β-amino-alcohol motifs (C(OH)–C–C–N with tert-alkyl or cyclic N) is 1. The Hall–Kier alpha value is -2.70. The van der Waals surface area contributed by atoms with Crippen LogP contribution in [-0.4, -0.2) is 29.6 Å². The highest BCUT2D eigenvalue weighted by Crippen LogP contribution is 2.34. The fraction of sp³-hybridized carbons (Fsp3) is 0.320. The lowest BCUT2D eigenvalue weighted by atomic mass is 9.80. The summed E-state index contributed by atoms with van der Waals surface area (Å²) in [6.07, 6.45) is -3.40. The van der Waals surface area contributed by atoms with Gasteiger partial charge < -0.3 is 10.4 Å². The Morgan fingerprint density at radius 2 is 1.81 bits per heavy atom. The number of alkyl halides is 3. The molecule has 2 N–H and O–H groups in total. The molecule has 4 rings (SSSR count). The van der Waals surface area contributed by atoms with Gasteiger partial charge in [0, 0.05) is 25.1 Å². The summed E-state index contributed by atoms with van der Waals surface area (Å²) in [4.78, 5) is 12.7. The average Bonchev–Trinajstić information content (AvgIpc) is 2.74. The molecule has 0 aliphatic carbocycles. The molecule has 3 aromatic rings. The summed E-state index contributed by atoms with van der Waals surface area (Å²) in [5.74, 6) is 0.0500. The van der Waals surface area contributed by atoms with Crippen molar-refractivity contribution in [2.24, 2.45) is 5.92 Å². The zero-order chi connectivity index (χ0) is 22.2. The first-order chi connectivity index (χ1) is 14.7. The molecule has 6 heteroatoms. The second kappa shape index (κ2) is 8.09. The molecule has 0 spiro atoms. The molecule has 1 aliphatic heterocycles. The van der Waals surface area contributed by atoms with Crippen molar-refractivity contribution in [3.05, 3.63) is 71.8 Å². The third-order valence-corrected chi connectivity index (χ3v) is 6.31. The minimum Gasteiger partial charge on any atom is -0.387 e. The largest absolute Gasteiger partial charge is 0.416 e. The van der Waals surface area contributed by atoms with Gasteiger partial charge in [-0.1, -0.05) is 49.4 Å². The SMILES string of the molecule is C[C@H](CCC(=O)c1ccc2c(-c3ccc(C(F)(F)F)cc3)cccc2c1)C1(O)CNC1. The van der Waals surface area contributed by atoms with Crippen LogP contribution in [0.4, 0.5) is 13.2 Å². The Labute approximate surface area is 178 Å². The van der Waals surface area contributed by atoms with Crippen molar-refractivity contribution in [3.63, 3.8) is 0 Å². The molecule has 31 heavy (non-hydrogen) atoms. The zero-order valence-corrected chi connectivity index (χ0v) is 17.2. The number of benzene rings is 3.